The molecule has 2 unspecified atom stereocenters. The molecule has 0 bridgehead atoms. The van der Waals surface area contributed by atoms with Crippen LogP contribution < -0.4 is 5.32 Å². The van der Waals surface area contributed by atoms with Crippen molar-refractivity contribution in [3.05, 3.63) is 34.1 Å². The highest BCUT2D eigenvalue weighted by molar-refractivity contribution is 9.10. The highest BCUT2D eigenvalue weighted by Gasteiger charge is 2.24. The van der Waals surface area contributed by atoms with E-state index < -0.39 is 0 Å². The summed E-state index contributed by atoms with van der Waals surface area (Å²) in [5.41, 5.74) is 1.02. The second-order valence-corrected chi connectivity index (χ2v) is 5.94. The van der Waals surface area contributed by atoms with Gasteiger partial charge in [0.2, 0.25) is 0 Å². The van der Waals surface area contributed by atoms with Crippen molar-refractivity contribution in [3.63, 3.8) is 0 Å². The highest BCUT2D eigenvalue weighted by Crippen LogP contribution is 2.24. The second-order valence-electron chi connectivity index (χ2n) is 5.08. The van der Waals surface area contributed by atoms with Gasteiger partial charge in [0.1, 0.15) is 5.82 Å². The van der Waals surface area contributed by atoms with Gasteiger partial charge in [-0.3, -0.25) is 0 Å². The van der Waals surface area contributed by atoms with Gasteiger partial charge < -0.3 is 10.1 Å². The van der Waals surface area contributed by atoms with E-state index in [1.807, 2.05) is 0 Å². The molecule has 1 saturated heterocycles. The summed E-state index contributed by atoms with van der Waals surface area (Å²) < 4.78 is 19.9. The van der Waals surface area contributed by atoms with Crippen LogP contribution >= 0.6 is 15.9 Å². The van der Waals surface area contributed by atoms with E-state index in [4.69, 9.17) is 4.74 Å². The average Bonchev–Trinajstić information content (AvgIpc) is 2.43. The molecule has 0 aliphatic carbocycles. The van der Waals surface area contributed by atoms with Gasteiger partial charge in [-0.2, -0.15) is 0 Å². The summed E-state index contributed by atoms with van der Waals surface area (Å²) in [6.07, 6.45) is 3.14. The van der Waals surface area contributed by atoms with Crippen LogP contribution in [0.25, 0.3) is 0 Å². The van der Waals surface area contributed by atoms with Crippen molar-refractivity contribution in [2.75, 3.05) is 19.8 Å². The van der Waals surface area contributed by atoms with E-state index in [1.165, 1.54) is 12.5 Å². The average molecular weight is 330 g/mol. The van der Waals surface area contributed by atoms with Crippen molar-refractivity contribution in [2.45, 2.75) is 32.2 Å². The highest BCUT2D eigenvalue weighted by atomic mass is 79.9. The van der Waals surface area contributed by atoms with Crippen LogP contribution in [0.5, 0.6) is 0 Å². The van der Waals surface area contributed by atoms with E-state index in [9.17, 15) is 4.39 Å². The zero-order chi connectivity index (χ0) is 13.7. The maximum Gasteiger partial charge on any atom is 0.123 e. The Morgan fingerprint density at radius 1 is 1.53 bits per heavy atom. The van der Waals surface area contributed by atoms with Crippen molar-refractivity contribution < 1.29 is 9.13 Å². The smallest absolute Gasteiger partial charge is 0.123 e. The van der Waals surface area contributed by atoms with Gasteiger partial charge in [-0.25, -0.2) is 4.39 Å². The molecule has 0 spiro atoms. The van der Waals surface area contributed by atoms with E-state index in [-0.39, 0.29) is 5.82 Å². The van der Waals surface area contributed by atoms with Crippen molar-refractivity contribution in [3.8, 4) is 0 Å². The van der Waals surface area contributed by atoms with Gasteiger partial charge in [0, 0.05) is 17.1 Å². The van der Waals surface area contributed by atoms with E-state index in [0.29, 0.717) is 12.0 Å². The molecule has 0 amide bonds. The Balaban J connectivity index is 2.08. The molecular formula is C15H21BrFNO. The molecule has 1 fully saturated rings. The second kappa shape index (κ2) is 7.36. The predicted molar refractivity (Wildman–Crippen MR) is 78.8 cm³/mol. The van der Waals surface area contributed by atoms with Gasteiger partial charge in [-0.1, -0.05) is 22.9 Å². The Labute approximate surface area is 122 Å². The Morgan fingerprint density at radius 3 is 3.05 bits per heavy atom. The van der Waals surface area contributed by atoms with Crippen LogP contribution in [0.1, 0.15) is 25.3 Å². The first-order chi connectivity index (χ1) is 9.20. The maximum atomic E-state index is 13.4. The van der Waals surface area contributed by atoms with Crippen molar-refractivity contribution >= 4 is 15.9 Å². The summed E-state index contributed by atoms with van der Waals surface area (Å²) in [6, 6.07) is 5.24. The van der Waals surface area contributed by atoms with Gasteiger partial charge in [-0.05, 0) is 55.5 Å². The summed E-state index contributed by atoms with van der Waals surface area (Å²) in [5, 5.41) is 3.52. The molecule has 106 valence electrons. The van der Waals surface area contributed by atoms with Gasteiger partial charge >= 0.3 is 0 Å². The maximum absolute atomic E-state index is 13.4. The Hall–Kier alpha value is -0.450. The Kier molecular flexibility index (Phi) is 5.79. The molecule has 0 radical (unpaired) electrons. The molecule has 19 heavy (non-hydrogen) atoms. The van der Waals surface area contributed by atoms with Crippen LogP contribution in [0.2, 0.25) is 0 Å². The van der Waals surface area contributed by atoms with Crippen LogP contribution in [-0.4, -0.2) is 25.8 Å². The fraction of sp³-hybridized carbons (Fsp3) is 0.600. The minimum Gasteiger partial charge on any atom is -0.381 e. The van der Waals surface area contributed by atoms with E-state index in [0.717, 1.165) is 42.6 Å². The minimum atomic E-state index is -0.173. The standard InChI is InChI=1S/C15H21BrFNO/c1-2-18-15(11-4-3-7-19-10-11)9-12-8-13(17)5-6-14(12)16/h5-6,8,11,15,18H,2-4,7,9-10H2,1H3. The number of hydrogen-bond acceptors (Lipinski definition) is 2. The molecule has 1 heterocycles. The lowest BCUT2D eigenvalue weighted by Gasteiger charge is -2.31. The molecule has 1 aromatic carbocycles. The number of ether oxygens (including phenoxy) is 1. The number of rotatable bonds is 5. The number of benzene rings is 1. The third-order valence-electron chi connectivity index (χ3n) is 3.68. The first kappa shape index (κ1) is 14.9. The van der Waals surface area contributed by atoms with Crippen LogP contribution in [0.15, 0.2) is 22.7 Å². The van der Waals surface area contributed by atoms with E-state index >= 15 is 0 Å². The largest absolute Gasteiger partial charge is 0.381 e. The van der Waals surface area contributed by atoms with Gasteiger partial charge in [-0.15, -0.1) is 0 Å². The van der Waals surface area contributed by atoms with Crippen LogP contribution in [-0.2, 0) is 11.2 Å². The van der Waals surface area contributed by atoms with Crippen LogP contribution in [0.4, 0.5) is 4.39 Å². The van der Waals surface area contributed by atoms with E-state index in [2.05, 4.69) is 28.2 Å². The molecule has 2 rings (SSSR count). The molecule has 4 heteroatoms. The topological polar surface area (TPSA) is 21.3 Å². The molecule has 1 aliphatic rings. The molecule has 1 aromatic rings. The fourth-order valence-electron chi connectivity index (χ4n) is 2.69. The zero-order valence-electron chi connectivity index (χ0n) is 11.3. The lowest BCUT2D eigenvalue weighted by atomic mass is 9.89. The molecule has 1 aliphatic heterocycles. The third kappa shape index (κ3) is 4.26. The van der Waals surface area contributed by atoms with Gasteiger partial charge in [0.05, 0.1) is 6.61 Å². The normalized spacial score (nSPS) is 21.3. The predicted octanol–water partition coefficient (Wildman–Crippen LogP) is 3.54. The fourth-order valence-corrected chi connectivity index (χ4v) is 3.10. The van der Waals surface area contributed by atoms with Gasteiger partial charge in [0.15, 0.2) is 0 Å². The molecular weight excluding hydrogens is 309 g/mol. The van der Waals surface area contributed by atoms with Crippen molar-refractivity contribution in [2.24, 2.45) is 5.92 Å². The Bertz CT molecular complexity index is 407. The lowest BCUT2D eigenvalue weighted by Crippen LogP contribution is -2.41. The molecule has 1 N–H and O–H groups in total. The summed E-state index contributed by atoms with van der Waals surface area (Å²) in [4.78, 5) is 0. The minimum absolute atomic E-state index is 0.173. The SMILES string of the molecule is CCNC(Cc1cc(F)ccc1Br)C1CCCOC1. The Morgan fingerprint density at radius 2 is 2.37 bits per heavy atom. The first-order valence-electron chi connectivity index (χ1n) is 6.95. The number of likely N-dealkylation sites (N-methyl/N-ethyl adjacent to an activating group) is 1. The van der Waals surface area contributed by atoms with Crippen LogP contribution in [0.3, 0.4) is 0 Å². The molecule has 0 aromatic heterocycles. The van der Waals surface area contributed by atoms with Crippen molar-refractivity contribution in [1.82, 2.24) is 5.32 Å². The first-order valence-corrected chi connectivity index (χ1v) is 7.75. The number of nitrogens with one attached hydrogen (secondary N) is 1. The molecule has 0 saturated carbocycles. The van der Waals surface area contributed by atoms with Crippen molar-refractivity contribution in [1.29, 1.82) is 0 Å². The summed E-state index contributed by atoms with van der Waals surface area (Å²) >= 11 is 3.51. The third-order valence-corrected chi connectivity index (χ3v) is 4.45. The van der Waals surface area contributed by atoms with Gasteiger partial charge in [0.25, 0.3) is 0 Å². The molecule has 2 nitrogen and oxygen atoms in total. The quantitative estimate of drug-likeness (QED) is 0.892. The monoisotopic (exact) mass is 329 g/mol. The summed E-state index contributed by atoms with van der Waals surface area (Å²) in [7, 11) is 0. The summed E-state index contributed by atoms with van der Waals surface area (Å²) in [5.74, 6) is 0.345. The lowest BCUT2D eigenvalue weighted by molar-refractivity contribution is 0.0395. The molecule has 2 atom stereocenters. The summed E-state index contributed by atoms with van der Waals surface area (Å²) in [6.45, 7) is 4.72. The van der Waals surface area contributed by atoms with E-state index in [1.54, 1.807) is 12.1 Å². The number of hydrogen-bond donors (Lipinski definition) is 1. The number of halogens is 2. The zero-order valence-corrected chi connectivity index (χ0v) is 12.9. The van der Waals surface area contributed by atoms with Crippen LogP contribution in [0, 0.1) is 11.7 Å².